The topological polar surface area (TPSA) is 73.8 Å². The molecule has 0 aliphatic rings. The molecule has 0 amide bonds. The molecule has 2 heterocycles. The van der Waals surface area contributed by atoms with Crippen molar-refractivity contribution in [3.8, 4) is 0 Å². The van der Waals surface area contributed by atoms with Crippen molar-refractivity contribution >= 4 is 11.6 Å². The van der Waals surface area contributed by atoms with E-state index in [1.165, 1.54) is 10.9 Å². The maximum absolute atomic E-state index is 12.2. The molecule has 0 radical (unpaired) electrons. The second-order valence-electron chi connectivity index (χ2n) is 5.62. The van der Waals surface area contributed by atoms with Crippen molar-refractivity contribution in [3.05, 3.63) is 74.5 Å². The highest BCUT2D eigenvalue weighted by molar-refractivity contribution is 6.30. The molecule has 124 valence electrons. The summed E-state index contributed by atoms with van der Waals surface area (Å²) in [5.41, 5.74) is 2.41. The van der Waals surface area contributed by atoms with E-state index in [-0.39, 0.29) is 12.1 Å². The van der Waals surface area contributed by atoms with Crippen molar-refractivity contribution in [2.24, 2.45) is 0 Å². The van der Waals surface area contributed by atoms with Crippen LogP contribution in [0.3, 0.4) is 0 Å². The molecule has 0 spiro atoms. The molecule has 0 unspecified atom stereocenters. The first-order valence-corrected chi connectivity index (χ1v) is 7.99. The lowest BCUT2D eigenvalue weighted by Crippen LogP contribution is -2.24. The van der Waals surface area contributed by atoms with Crippen molar-refractivity contribution in [2.75, 3.05) is 0 Å². The molecule has 24 heavy (non-hydrogen) atoms. The Morgan fingerprint density at radius 2 is 1.92 bits per heavy atom. The molecular weight excluding hydrogens is 328 g/mol. The summed E-state index contributed by atoms with van der Waals surface area (Å²) in [6.45, 7) is 3.79. The fourth-order valence-electron chi connectivity index (χ4n) is 2.30. The Hall–Kier alpha value is -2.47. The fourth-order valence-corrected chi connectivity index (χ4v) is 2.42. The second-order valence-corrected chi connectivity index (χ2v) is 6.06. The lowest BCUT2D eigenvalue weighted by molar-refractivity contribution is 0.364. The third-order valence-corrected chi connectivity index (χ3v) is 4.13. The largest absolute Gasteiger partial charge is 0.337 e. The molecule has 0 N–H and O–H groups in total. The van der Waals surface area contributed by atoms with E-state index >= 15 is 0 Å². The van der Waals surface area contributed by atoms with E-state index in [1.54, 1.807) is 6.92 Å². The van der Waals surface area contributed by atoms with E-state index in [0.29, 0.717) is 28.7 Å². The third-order valence-electron chi connectivity index (χ3n) is 3.88. The van der Waals surface area contributed by atoms with Crippen LogP contribution in [0.15, 0.2) is 39.9 Å². The summed E-state index contributed by atoms with van der Waals surface area (Å²) < 4.78 is 6.70. The van der Waals surface area contributed by atoms with E-state index in [9.17, 15) is 4.79 Å². The predicted molar refractivity (Wildman–Crippen MR) is 90.2 cm³/mol. The first-order valence-electron chi connectivity index (χ1n) is 7.61. The summed E-state index contributed by atoms with van der Waals surface area (Å²) in [6, 6.07) is 7.67. The number of nitrogens with zero attached hydrogens (tertiary/aromatic N) is 4. The van der Waals surface area contributed by atoms with Crippen molar-refractivity contribution in [1.29, 1.82) is 0 Å². The molecule has 0 fully saturated rings. The van der Waals surface area contributed by atoms with Gasteiger partial charge in [-0.15, -0.1) is 0 Å². The minimum atomic E-state index is -0.0941. The number of halogens is 1. The molecule has 3 rings (SSSR count). The first kappa shape index (κ1) is 16.4. The highest BCUT2D eigenvalue weighted by Gasteiger charge is 2.10. The molecule has 1 aromatic carbocycles. The quantitative estimate of drug-likeness (QED) is 0.711. The van der Waals surface area contributed by atoms with Gasteiger partial charge in [-0.05, 0) is 38.0 Å². The van der Waals surface area contributed by atoms with Gasteiger partial charge in [0.1, 0.15) is 6.54 Å². The van der Waals surface area contributed by atoms with Crippen LogP contribution in [0.5, 0.6) is 0 Å². The van der Waals surface area contributed by atoms with Gasteiger partial charge >= 0.3 is 0 Å². The summed E-state index contributed by atoms with van der Waals surface area (Å²) in [6.07, 6.45) is 2.95. The second kappa shape index (κ2) is 6.97. The van der Waals surface area contributed by atoms with Crippen LogP contribution in [0.4, 0.5) is 0 Å². The van der Waals surface area contributed by atoms with E-state index in [2.05, 4.69) is 15.1 Å². The SMILES string of the molecule is Cc1ncn(Cc2nc(CCc3ccc(Cl)cc3)no2)c(=O)c1C. The van der Waals surface area contributed by atoms with Crippen molar-refractivity contribution in [1.82, 2.24) is 19.7 Å². The Labute approximate surface area is 144 Å². The highest BCUT2D eigenvalue weighted by atomic mass is 35.5. The van der Waals surface area contributed by atoms with Crippen LogP contribution < -0.4 is 5.56 Å². The lowest BCUT2D eigenvalue weighted by atomic mass is 10.1. The van der Waals surface area contributed by atoms with Crippen LogP contribution in [-0.4, -0.2) is 19.7 Å². The molecule has 0 saturated heterocycles. The Morgan fingerprint density at radius 1 is 1.17 bits per heavy atom. The minimum absolute atomic E-state index is 0.0941. The van der Waals surface area contributed by atoms with Crippen LogP contribution in [0.25, 0.3) is 0 Å². The third kappa shape index (κ3) is 3.71. The van der Waals surface area contributed by atoms with Gasteiger partial charge in [-0.25, -0.2) is 4.98 Å². The molecule has 0 aliphatic heterocycles. The van der Waals surface area contributed by atoms with Crippen LogP contribution in [-0.2, 0) is 19.4 Å². The van der Waals surface area contributed by atoms with Crippen molar-refractivity contribution in [3.63, 3.8) is 0 Å². The zero-order valence-electron chi connectivity index (χ0n) is 13.5. The Kier molecular flexibility index (Phi) is 4.76. The standard InChI is InChI=1S/C17H17ClN4O2/c1-11-12(2)19-10-22(17(11)23)9-16-20-15(21-24-16)8-5-13-3-6-14(18)7-4-13/h3-4,6-7,10H,5,8-9H2,1-2H3. The fraction of sp³-hybridized carbons (Fsp3) is 0.294. The number of aryl methyl sites for hydroxylation is 3. The lowest BCUT2D eigenvalue weighted by Gasteiger charge is -2.04. The van der Waals surface area contributed by atoms with Crippen LogP contribution in [0.2, 0.25) is 5.02 Å². The zero-order chi connectivity index (χ0) is 17.1. The van der Waals surface area contributed by atoms with Gasteiger partial charge in [0.25, 0.3) is 5.56 Å². The smallest absolute Gasteiger partial charge is 0.256 e. The van der Waals surface area contributed by atoms with Gasteiger partial charge < -0.3 is 4.52 Å². The molecule has 6 nitrogen and oxygen atoms in total. The number of hydrogen-bond acceptors (Lipinski definition) is 5. The summed E-state index contributed by atoms with van der Waals surface area (Å²) in [5.74, 6) is 1.01. The van der Waals surface area contributed by atoms with Crippen LogP contribution in [0.1, 0.15) is 28.5 Å². The molecule has 0 aliphatic carbocycles. The Morgan fingerprint density at radius 3 is 2.67 bits per heavy atom. The molecule has 0 bridgehead atoms. The summed E-state index contributed by atoms with van der Waals surface area (Å²) >= 11 is 5.87. The predicted octanol–water partition coefficient (Wildman–Crippen LogP) is 2.73. The molecule has 3 aromatic rings. The van der Waals surface area contributed by atoms with Crippen molar-refractivity contribution in [2.45, 2.75) is 33.2 Å². The summed E-state index contributed by atoms with van der Waals surface area (Å²) in [5, 5.41) is 4.68. The van der Waals surface area contributed by atoms with Gasteiger partial charge in [0, 0.05) is 22.7 Å². The highest BCUT2D eigenvalue weighted by Crippen LogP contribution is 2.11. The number of benzene rings is 1. The minimum Gasteiger partial charge on any atom is -0.337 e. The molecule has 7 heteroatoms. The summed E-state index contributed by atoms with van der Waals surface area (Å²) in [7, 11) is 0. The molecule has 0 atom stereocenters. The van der Waals surface area contributed by atoms with Gasteiger partial charge in [-0.3, -0.25) is 9.36 Å². The van der Waals surface area contributed by atoms with Gasteiger partial charge in [-0.1, -0.05) is 28.9 Å². The van der Waals surface area contributed by atoms with Gasteiger partial charge in [-0.2, -0.15) is 4.98 Å². The van der Waals surface area contributed by atoms with E-state index in [4.69, 9.17) is 16.1 Å². The Bertz CT molecular complexity index is 900. The van der Waals surface area contributed by atoms with E-state index in [0.717, 1.165) is 17.7 Å². The average Bonchev–Trinajstić information content (AvgIpc) is 3.02. The van der Waals surface area contributed by atoms with Gasteiger partial charge in [0.2, 0.25) is 5.89 Å². The van der Waals surface area contributed by atoms with E-state index in [1.807, 2.05) is 31.2 Å². The average molecular weight is 345 g/mol. The molecule has 2 aromatic heterocycles. The monoisotopic (exact) mass is 344 g/mol. The maximum Gasteiger partial charge on any atom is 0.256 e. The van der Waals surface area contributed by atoms with E-state index < -0.39 is 0 Å². The van der Waals surface area contributed by atoms with Crippen molar-refractivity contribution < 1.29 is 4.52 Å². The first-order chi connectivity index (χ1) is 11.5. The zero-order valence-corrected chi connectivity index (χ0v) is 14.2. The molecule has 0 saturated carbocycles. The number of hydrogen-bond donors (Lipinski definition) is 0. The maximum atomic E-state index is 12.2. The normalized spacial score (nSPS) is 11.0. The van der Waals surface area contributed by atoms with Crippen LogP contribution >= 0.6 is 11.6 Å². The molecular formula is C17H17ClN4O2. The van der Waals surface area contributed by atoms with Gasteiger partial charge in [0.15, 0.2) is 5.82 Å². The van der Waals surface area contributed by atoms with Gasteiger partial charge in [0.05, 0.1) is 6.33 Å². The van der Waals surface area contributed by atoms with Crippen LogP contribution in [0, 0.1) is 13.8 Å². The number of rotatable bonds is 5. The number of aromatic nitrogens is 4. The Balaban J connectivity index is 1.66. The summed E-state index contributed by atoms with van der Waals surface area (Å²) in [4.78, 5) is 20.7.